The number of aryl methyl sites for hydroxylation is 2. The lowest BCUT2D eigenvalue weighted by molar-refractivity contribution is -0.660. The van der Waals surface area contributed by atoms with Crippen LogP contribution in [0.4, 0.5) is 4.39 Å². The molecule has 4 aromatic rings. The maximum absolute atomic E-state index is 14.1. The largest absolute Gasteiger partial charge is 0.453 e. The SMILES string of the molecule is Cc1cc2c(cc1-c1cccc[n+]1C)oc1c(F)ccc(C#N)c12. The van der Waals surface area contributed by atoms with Crippen LogP contribution in [0.3, 0.4) is 0 Å². The molecule has 24 heavy (non-hydrogen) atoms. The first-order chi connectivity index (χ1) is 11.6. The van der Waals surface area contributed by atoms with Gasteiger partial charge in [-0.25, -0.2) is 8.96 Å². The predicted octanol–water partition coefficient (Wildman–Crippen LogP) is 4.40. The van der Waals surface area contributed by atoms with Gasteiger partial charge in [0.05, 0.1) is 17.2 Å². The van der Waals surface area contributed by atoms with Gasteiger partial charge in [-0.3, -0.25) is 0 Å². The summed E-state index contributed by atoms with van der Waals surface area (Å²) in [6.45, 7) is 2.01. The summed E-state index contributed by atoms with van der Waals surface area (Å²) < 4.78 is 21.9. The molecule has 116 valence electrons. The number of nitrogens with zero attached hydrogens (tertiary/aromatic N) is 2. The van der Waals surface area contributed by atoms with Gasteiger partial charge in [0.1, 0.15) is 12.6 Å². The van der Waals surface area contributed by atoms with Gasteiger partial charge >= 0.3 is 0 Å². The van der Waals surface area contributed by atoms with Crippen LogP contribution in [0.2, 0.25) is 0 Å². The van der Waals surface area contributed by atoms with Crippen molar-refractivity contribution in [3.63, 3.8) is 0 Å². The van der Waals surface area contributed by atoms with Crippen molar-refractivity contribution in [2.45, 2.75) is 6.92 Å². The number of hydrogen-bond donors (Lipinski definition) is 0. The van der Waals surface area contributed by atoms with Crippen LogP contribution in [-0.4, -0.2) is 0 Å². The van der Waals surface area contributed by atoms with Crippen molar-refractivity contribution in [1.82, 2.24) is 0 Å². The van der Waals surface area contributed by atoms with Gasteiger partial charge in [-0.2, -0.15) is 5.26 Å². The first-order valence-electron chi connectivity index (χ1n) is 7.60. The second-order valence-electron chi connectivity index (χ2n) is 5.87. The number of nitriles is 1. The quantitative estimate of drug-likeness (QED) is 0.488. The lowest BCUT2D eigenvalue weighted by Gasteiger charge is -2.04. The Morgan fingerprint density at radius 2 is 2.00 bits per heavy atom. The van der Waals surface area contributed by atoms with E-state index in [0.717, 1.165) is 22.2 Å². The molecule has 0 aliphatic rings. The lowest BCUT2D eigenvalue weighted by atomic mass is 10.00. The zero-order valence-corrected chi connectivity index (χ0v) is 13.3. The van der Waals surface area contributed by atoms with Crippen molar-refractivity contribution in [3.05, 3.63) is 65.6 Å². The molecular formula is C20H14FN2O+. The highest BCUT2D eigenvalue weighted by atomic mass is 19.1. The van der Waals surface area contributed by atoms with E-state index in [1.165, 1.54) is 12.1 Å². The molecule has 0 radical (unpaired) electrons. The standard InChI is InChI=1S/C20H14FN2O/c1-12-9-15-18(10-14(12)17-5-3-4-8-23(17)2)24-20-16(21)7-6-13(11-22)19(15)20/h3-10H,1-2H3/q+1. The Kier molecular flexibility index (Phi) is 3.10. The third-order valence-electron chi connectivity index (χ3n) is 4.37. The number of benzene rings is 2. The minimum absolute atomic E-state index is 0.137. The number of pyridine rings is 1. The van der Waals surface area contributed by atoms with Gasteiger partial charge in [-0.05, 0) is 42.8 Å². The van der Waals surface area contributed by atoms with Crippen molar-refractivity contribution >= 4 is 21.9 Å². The smallest absolute Gasteiger partial charge is 0.212 e. The van der Waals surface area contributed by atoms with E-state index in [-0.39, 0.29) is 5.58 Å². The summed E-state index contributed by atoms with van der Waals surface area (Å²) in [6.07, 6.45) is 1.98. The van der Waals surface area contributed by atoms with Gasteiger partial charge in [-0.1, -0.05) is 0 Å². The van der Waals surface area contributed by atoms with Crippen molar-refractivity contribution in [3.8, 4) is 17.3 Å². The van der Waals surface area contributed by atoms with Crippen molar-refractivity contribution in [1.29, 1.82) is 5.26 Å². The van der Waals surface area contributed by atoms with Gasteiger partial charge in [0, 0.05) is 22.9 Å². The minimum atomic E-state index is -0.454. The van der Waals surface area contributed by atoms with E-state index in [2.05, 4.69) is 6.07 Å². The van der Waals surface area contributed by atoms with Gasteiger partial charge in [0.25, 0.3) is 0 Å². The molecule has 0 atom stereocenters. The number of hydrogen-bond acceptors (Lipinski definition) is 2. The summed E-state index contributed by atoms with van der Waals surface area (Å²) in [5.74, 6) is -0.454. The van der Waals surface area contributed by atoms with Gasteiger partial charge < -0.3 is 4.42 Å². The molecule has 4 rings (SSSR count). The van der Waals surface area contributed by atoms with E-state index in [4.69, 9.17) is 4.42 Å². The van der Waals surface area contributed by atoms with Crippen molar-refractivity contribution < 1.29 is 13.4 Å². The topological polar surface area (TPSA) is 40.8 Å². The van der Waals surface area contributed by atoms with E-state index in [1.807, 2.05) is 55.1 Å². The van der Waals surface area contributed by atoms with Crippen LogP contribution in [0.25, 0.3) is 33.2 Å². The Balaban J connectivity index is 2.11. The maximum atomic E-state index is 14.1. The Morgan fingerprint density at radius 1 is 1.17 bits per heavy atom. The van der Waals surface area contributed by atoms with Crippen LogP contribution < -0.4 is 4.57 Å². The second-order valence-corrected chi connectivity index (χ2v) is 5.87. The fourth-order valence-electron chi connectivity index (χ4n) is 3.17. The zero-order chi connectivity index (χ0) is 16.8. The summed E-state index contributed by atoms with van der Waals surface area (Å²) >= 11 is 0. The van der Waals surface area contributed by atoms with Crippen LogP contribution >= 0.6 is 0 Å². The molecule has 0 amide bonds. The first kappa shape index (κ1) is 14.4. The zero-order valence-electron chi connectivity index (χ0n) is 13.3. The van der Waals surface area contributed by atoms with Crippen molar-refractivity contribution in [2.75, 3.05) is 0 Å². The van der Waals surface area contributed by atoms with Crippen LogP contribution in [-0.2, 0) is 7.05 Å². The highest BCUT2D eigenvalue weighted by Gasteiger charge is 2.19. The molecule has 0 spiro atoms. The van der Waals surface area contributed by atoms with E-state index >= 15 is 0 Å². The number of furan rings is 1. The van der Waals surface area contributed by atoms with E-state index in [1.54, 1.807) is 0 Å². The third kappa shape index (κ3) is 1.99. The molecule has 2 aromatic heterocycles. The number of fused-ring (bicyclic) bond motifs is 3. The van der Waals surface area contributed by atoms with Crippen LogP contribution in [0.1, 0.15) is 11.1 Å². The number of aromatic nitrogens is 1. The molecular weight excluding hydrogens is 303 g/mol. The molecule has 3 nitrogen and oxygen atoms in total. The maximum Gasteiger partial charge on any atom is 0.212 e. The molecule has 4 heteroatoms. The van der Waals surface area contributed by atoms with Gasteiger partial charge in [0.15, 0.2) is 17.6 Å². The normalized spacial score (nSPS) is 11.1. The summed E-state index contributed by atoms with van der Waals surface area (Å²) in [7, 11) is 1.98. The molecule has 0 aliphatic carbocycles. The predicted molar refractivity (Wildman–Crippen MR) is 89.7 cm³/mol. The molecule has 0 fully saturated rings. The summed E-state index contributed by atoms with van der Waals surface area (Å²) in [5, 5.41) is 10.6. The average Bonchev–Trinajstić information content (AvgIpc) is 2.95. The minimum Gasteiger partial charge on any atom is -0.453 e. The highest BCUT2D eigenvalue weighted by molar-refractivity contribution is 6.09. The Labute approximate surface area is 138 Å². The molecule has 0 aliphatic heterocycles. The molecule has 0 saturated heterocycles. The van der Waals surface area contributed by atoms with E-state index in [0.29, 0.717) is 16.5 Å². The van der Waals surface area contributed by atoms with E-state index in [9.17, 15) is 9.65 Å². The Hall–Kier alpha value is -3.19. The first-order valence-corrected chi connectivity index (χ1v) is 7.60. The molecule has 2 heterocycles. The molecule has 0 bridgehead atoms. The van der Waals surface area contributed by atoms with Crippen LogP contribution in [0.15, 0.2) is 53.1 Å². The average molecular weight is 317 g/mol. The number of halogens is 1. The third-order valence-corrected chi connectivity index (χ3v) is 4.37. The molecule has 0 unspecified atom stereocenters. The second kappa shape index (κ2) is 5.17. The monoisotopic (exact) mass is 317 g/mol. The Bertz CT molecular complexity index is 1150. The summed E-state index contributed by atoms with van der Waals surface area (Å²) in [5.41, 5.74) is 4.23. The van der Waals surface area contributed by atoms with Gasteiger partial charge in [-0.15, -0.1) is 0 Å². The summed E-state index contributed by atoms with van der Waals surface area (Å²) in [6, 6.07) is 14.7. The Morgan fingerprint density at radius 3 is 2.75 bits per heavy atom. The fourth-order valence-corrected chi connectivity index (χ4v) is 3.17. The van der Waals surface area contributed by atoms with Crippen LogP contribution in [0.5, 0.6) is 0 Å². The highest BCUT2D eigenvalue weighted by Crippen LogP contribution is 2.36. The van der Waals surface area contributed by atoms with Crippen LogP contribution in [0, 0.1) is 24.1 Å². The number of rotatable bonds is 1. The van der Waals surface area contributed by atoms with E-state index < -0.39 is 5.82 Å². The molecule has 0 saturated carbocycles. The van der Waals surface area contributed by atoms with Crippen molar-refractivity contribution in [2.24, 2.45) is 7.05 Å². The lowest BCUT2D eigenvalue weighted by Crippen LogP contribution is -2.30. The fraction of sp³-hybridized carbons (Fsp3) is 0.100. The summed E-state index contributed by atoms with van der Waals surface area (Å²) in [4.78, 5) is 0. The van der Waals surface area contributed by atoms with Gasteiger partial charge in [0.2, 0.25) is 5.69 Å². The molecule has 2 aromatic carbocycles. The molecule has 0 N–H and O–H groups in total.